The fourth-order valence-corrected chi connectivity index (χ4v) is 5.61. The number of hydrogen-bond acceptors (Lipinski definition) is 5. The number of amides is 1. The molecular weight excluding hydrogens is 409 g/mol. The van der Waals surface area contributed by atoms with Crippen molar-refractivity contribution in [1.29, 1.82) is 0 Å². The van der Waals surface area contributed by atoms with E-state index in [1.807, 2.05) is 0 Å². The highest BCUT2D eigenvalue weighted by atomic mass is 32.2. The molecular formula is C19H25F3N2O4S. The van der Waals surface area contributed by atoms with Gasteiger partial charge in [0.05, 0.1) is 35.5 Å². The summed E-state index contributed by atoms with van der Waals surface area (Å²) in [5, 5.41) is 2.47. The number of rotatable bonds is 5. The molecule has 1 heterocycles. The van der Waals surface area contributed by atoms with Crippen molar-refractivity contribution in [3.63, 3.8) is 0 Å². The molecule has 0 radical (unpaired) electrons. The smallest absolute Gasteiger partial charge is 0.378 e. The number of morpholine rings is 1. The molecule has 1 aliphatic carbocycles. The molecule has 162 valence electrons. The monoisotopic (exact) mass is 434 g/mol. The summed E-state index contributed by atoms with van der Waals surface area (Å²) in [6.45, 7) is 2.40. The van der Waals surface area contributed by atoms with Crippen molar-refractivity contribution in [3.05, 3.63) is 29.8 Å². The standard InChI is InChI=1S/C19H25F3N2O4S/c20-19(21,22)14-2-1-3-17(12-14)29(26,27)16-6-4-15(5-7-16)23-13-18(25)24-8-10-28-11-9-24/h1-3,12,15-16,23H,4-11,13H2/t15-,16+. The maximum absolute atomic E-state index is 12.9. The number of halogens is 3. The molecule has 1 saturated carbocycles. The molecule has 1 amide bonds. The van der Waals surface area contributed by atoms with Crippen molar-refractivity contribution in [1.82, 2.24) is 10.2 Å². The fraction of sp³-hybridized carbons (Fsp3) is 0.632. The zero-order valence-corrected chi connectivity index (χ0v) is 16.8. The van der Waals surface area contributed by atoms with Gasteiger partial charge in [0.2, 0.25) is 5.91 Å². The van der Waals surface area contributed by atoms with E-state index in [4.69, 9.17) is 4.74 Å². The zero-order valence-electron chi connectivity index (χ0n) is 16.0. The molecule has 3 rings (SSSR count). The number of alkyl halides is 3. The molecule has 29 heavy (non-hydrogen) atoms. The van der Waals surface area contributed by atoms with Gasteiger partial charge >= 0.3 is 6.18 Å². The largest absolute Gasteiger partial charge is 0.416 e. The second-order valence-corrected chi connectivity index (χ2v) is 9.65. The molecule has 0 spiro atoms. The number of hydrogen-bond donors (Lipinski definition) is 1. The fourth-order valence-electron chi connectivity index (χ4n) is 3.78. The van der Waals surface area contributed by atoms with Crippen LogP contribution in [0.3, 0.4) is 0 Å². The number of nitrogens with one attached hydrogen (secondary N) is 1. The Morgan fingerprint density at radius 1 is 1.14 bits per heavy atom. The van der Waals surface area contributed by atoms with Gasteiger partial charge in [0, 0.05) is 19.1 Å². The minimum absolute atomic E-state index is 0.00740. The Morgan fingerprint density at radius 2 is 1.79 bits per heavy atom. The van der Waals surface area contributed by atoms with E-state index in [-0.39, 0.29) is 23.4 Å². The Kier molecular flexibility index (Phi) is 6.85. The van der Waals surface area contributed by atoms with Gasteiger partial charge in [-0.3, -0.25) is 4.79 Å². The van der Waals surface area contributed by atoms with Crippen LogP contribution < -0.4 is 5.32 Å². The Morgan fingerprint density at radius 3 is 2.41 bits per heavy atom. The highest BCUT2D eigenvalue weighted by Crippen LogP contribution is 2.33. The molecule has 2 aliphatic rings. The minimum atomic E-state index is -4.58. The van der Waals surface area contributed by atoms with Gasteiger partial charge < -0.3 is 15.0 Å². The summed E-state index contributed by atoms with van der Waals surface area (Å²) < 4.78 is 69.5. The highest BCUT2D eigenvalue weighted by Gasteiger charge is 2.35. The molecule has 0 aromatic heterocycles. The topological polar surface area (TPSA) is 75.7 Å². The lowest BCUT2D eigenvalue weighted by atomic mass is 9.95. The number of carbonyl (C=O) groups excluding carboxylic acids is 1. The third-order valence-electron chi connectivity index (χ3n) is 5.51. The Bertz CT molecular complexity index is 815. The van der Waals surface area contributed by atoms with Crippen molar-refractivity contribution in [3.8, 4) is 0 Å². The second-order valence-electron chi connectivity index (χ2n) is 7.42. The SMILES string of the molecule is O=C(CN[C@H]1CC[C@@H](S(=O)(=O)c2cccc(C(F)(F)F)c2)CC1)N1CCOCC1. The van der Waals surface area contributed by atoms with Crippen LogP contribution in [0.4, 0.5) is 13.2 Å². The van der Waals surface area contributed by atoms with Gasteiger partial charge in [0.25, 0.3) is 0 Å². The summed E-state index contributed by atoms with van der Waals surface area (Å²) in [5.74, 6) is -0.00740. The van der Waals surface area contributed by atoms with Crippen molar-refractivity contribution >= 4 is 15.7 Å². The van der Waals surface area contributed by atoms with Crippen LogP contribution in [-0.4, -0.2) is 63.4 Å². The number of benzene rings is 1. The lowest BCUT2D eigenvalue weighted by Gasteiger charge is -2.31. The molecule has 1 saturated heterocycles. The molecule has 1 aromatic rings. The zero-order chi connectivity index (χ0) is 21.1. The number of sulfone groups is 1. The third kappa shape index (κ3) is 5.49. The van der Waals surface area contributed by atoms with Gasteiger partial charge in [-0.05, 0) is 43.9 Å². The van der Waals surface area contributed by atoms with Gasteiger partial charge in [-0.2, -0.15) is 13.2 Å². The van der Waals surface area contributed by atoms with Crippen molar-refractivity contribution in [2.24, 2.45) is 0 Å². The van der Waals surface area contributed by atoms with Crippen LogP contribution in [0.2, 0.25) is 0 Å². The van der Waals surface area contributed by atoms with Crippen molar-refractivity contribution < 1.29 is 31.1 Å². The molecule has 10 heteroatoms. The summed E-state index contributed by atoms with van der Waals surface area (Å²) in [6.07, 6.45) is -2.78. The predicted octanol–water partition coefficient (Wildman–Crippen LogP) is 2.24. The summed E-state index contributed by atoms with van der Waals surface area (Å²) in [4.78, 5) is 13.6. The predicted molar refractivity (Wildman–Crippen MR) is 100 cm³/mol. The Balaban J connectivity index is 1.54. The first-order chi connectivity index (χ1) is 13.7. The number of ether oxygens (including phenoxy) is 1. The van der Waals surface area contributed by atoms with Gasteiger partial charge in [0.15, 0.2) is 9.84 Å². The molecule has 6 nitrogen and oxygen atoms in total. The summed E-state index contributed by atoms with van der Waals surface area (Å²) in [7, 11) is -3.83. The molecule has 1 N–H and O–H groups in total. The van der Waals surface area contributed by atoms with E-state index in [1.54, 1.807) is 4.90 Å². The van der Waals surface area contributed by atoms with Crippen LogP contribution in [0.25, 0.3) is 0 Å². The van der Waals surface area contributed by atoms with Crippen LogP contribution in [-0.2, 0) is 25.5 Å². The average molecular weight is 434 g/mol. The van der Waals surface area contributed by atoms with Crippen LogP contribution in [0.5, 0.6) is 0 Å². The van der Waals surface area contributed by atoms with Crippen LogP contribution >= 0.6 is 0 Å². The first-order valence-electron chi connectivity index (χ1n) is 9.68. The van der Waals surface area contributed by atoms with Crippen LogP contribution in [0.15, 0.2) is 29.2 Å². The maximum atomic E-state index is 12.9. The van der Waals surface area contributed by atoms with E-state index in [1.165, 1.54) is 6.07 Å². The van der Waals surface area contributed by atoms with Crippen LogP contribution in [0, 0.1) is 0 Å². The van der Waals surface area contributed by atoms with Crippen LogP contribution in [0.1, 0.15) is 31.2 Å². The lowest BCUT2D eigenvalue weighted by molar-refractivity contribution is -0.137. The average Bonchev–Trinajstić information content (AvgIpc) is 2.72. The summed E-state index contributed by atoms with van der Waals surface area (Å²) in [6, 6.07) is 3.94. The normalized spacial score (nSPS) is 23.8. The third-order valence-corrected chi connectivity index (χ3v) is 7.77. The molecule has 0 unspecified atom stereocenters. The second kappa shape index (κ2) is 9.01. The van der Waals surface area contributed by atoms with Gasteiger partial charge in [-0.1, -0.05) is 6.07 Å². The van der Waals surface area contributed by atoms with E-state index in [9.17, 15) is 26.4 Å². The van der Waals surface area contributed by atoms with Gasteiger partial charge in [-0.25, -0.2) is 8.42 Å². The molecule has 0 atom stereocenters. The van der Waals surface area contributed by atoms with Crippen molar-refractivity contribution in [2.45, 2.75) is 48.0 Å². The van der Waals surface area contributed by atoms with Crippen molar-refractivity contribution in [2.75, 3.05) is 32.8 Å². The molecule has 1 aromatic carbocycles. The molecule has 2 fully saturated rings. The van der Waals surface area contributed by atoms with E-state index >= 15 is 0 Å². The lowest BCUT2D eigenvalue weighted by Crippen LogP contribution is -2.47. The Labute approximate surface area is 168 Å². The summed E-state index contributed by atoms with van der Waals surface area (Å²) in [5.41, 5.74) is -0.962. The van der Waals surface area contributed by atoms with E-state index in [0.717, 1.165) is 12.1 Å². The number of carbonyl (C=O) groups is 1. The maximum Gasteiger partial charge on any atom is 0.416 e. The van der Waals surface area contributed by atoms with E-state index in [2.05, 4.69) is 5.32 Å². The Hall–Kier alpha value is -1.65. The molecule has 0 bridgehead atoms. The first-order valence-corrected chi connectivity index (χ1v) is 11.2. The highest BCUT2D eigenvalue weighted by molar-refractivity contribution is 7.92. The first kappa shape index (κ1) is 22.0. The van der Waals surface area contributed by atoms with E-state index < -0.39 is 26.8 Å². The number of nitrogens with zero attached hydrogens (tertiary/aromatic N) is 1. The minimum Gasteiger partial charge on any atom is -0.378 e. The summed E-state index contributed by atoms with van der Waals surface area (Å²) >= 11 is 0. The van der Waals surface area contributed by atoms with Gasteiger partial charge in [0.1, 0.15) is 0 Å². The molecule has 1 aliphatic heterocycles. The van der Waals surface area contributed by atoms with E-state index in [0.29, 0.717) is 58.1 Å². The quantitative estimate of drug-likeness (QED) is 0.769. The van der Waals surface area contributed by atoms with Gasteiger partial charge in [-0.15, -0.1) is 0 Å².